The second kappa shape index (κ2) is 6.53. The van der Waals surface area contributed by atoms with Crippen molar-refractivity contribution in [2.24, 2.45) is 5.92 Å². The van der Waals surface area contributed by atoms with Crippen molar-refractivity contribution in [1.29, 1.82) is 0 Å². The van der Waals surface area contributed by atoms with Gasteiger partial charge in [-0.1, -0.05) is 13.8 Å². The van der Waals surface area contributed by atoms with E-state index in [9.17, 15) is 21.6 Å². The topological polar surface area (TPSA) is 63.4 Å². The highest BCUT2D eigenvalue weighted by atomic mass is 79.9. The lowest BCUT2D eigenvalue weighted by Gasteiger charge is -2.25. The van der Waals surface area contributed by atoms with Gasteiger partial charge in [0.1, 0.15) is 6.54 Å². The average molecular weight is 389 g/mol. The van der Waals surface area contributed by atoms with Crippen molar-refractivity contribution >= 4 is 31.6 Å². The summed E-state index contributed by atoms with van der Waals surface area (Å²) in [4.78, 5) is -0.256. The van der Waals surface area contributed by atoms with Crippen molar-refractivity contribution in [3.05, 3.63) is 22.7 Å². The van der Waals surface area contributed by atoms with Gasteiger partial charge in [0.2, 0.25) is 10.0 Å². The van der Waals surface area contributed by atoms with E-state index in [0.717, 1.165) is 6.07 Å². The van der Waals surface area contributed by atoms with Crippen LogP contribution in [0.1, 0.15) is 13.8 Å². The van der Waals surface area contributed by atoms with Crippen LogP contribution in [0.4, 0.5) is 18.9 Å². The number of benzene rings is 1. The molecule has 0 radical (unpaired) electrons. The van der Waals surface area contributed by atoms with E-state index in [0.29, 0.717) is 8.78 Å². The predicted molar refractivity (Wildman–Crippen MR) is 78.2 cm³/mol. The Labute approximate surface area is 130 Å². The monoisotopic (exact) mass is 388 g/mol. The summed E-state index contributed by atoms with van der Waals surface area (Å²) in [5.74, 6) is -0.241. The van der Waals surface area contributed by atoms with Gasteiger partial charge in [-0.05, 0) is 40.0 Å². The summed E-state index contributed by atoms with van der Waals surface area (Å²) >= 11 is 3.11. The summed E-state index contributed by atoms with van der Waals surface area (Å²) in [5.41, 5.74) is 5.74. The van der Waals surface area contributed by atoms with Gasteiger partial charge in [-0.2, -0.15) is 17.5 Å². The molecule has 0 saturated carbocycles. The maximum atomic E-state index is 12.6. The molecule has 1 aromatic carbocycles. The number of nitrogens with zero attached hydrogens (tertiary/aromatic N) is 1. The van der Waals surface area contributed by atoms with Crippen LogP contribution in [0.5, 0.6) is 0 Å². The number of alkyl halides is 3. The molecule has 0 saturated heterocycles. The first-order chi connectivity index (χ1) is 9.43. The van der Waals surface area contributed by atoms with E-state index in [-0.39, 0.29) is 23.0 Å². The van der Waals surface area contributed by atoms with Crippen LogP contribution in [0.15, 0.2) is 27.6 Å². The number of nitrogens with two attached hydrogens (primary N) is 1. The Hall–Kier alpha value is -0.800. The van der Waals surface area contributed by atoms with Gasteiger partial charge in [-0.25, -0.2) is 8.42 Å². The molecule has 0 aliphatic carbocycles. The number of anilines is 1. The van der Waals surface area contributed by atoms with Crippen LogP contribution in [-0.2, 0) is 10.0 Å². The number of hydrogen-bond donors (Lipinski definition) is 1. The molecule has 9 heteroatoms. The van der Waals surface area contributed by atoms with Crippen LogP contribution in [0.3, 0.4) is 0 Å². The number of sulfonamides is 1. The fourth-order valence-electron chi connectivity index (χ4n) is 1.69. The summed E-state index contributed by atoms with van der Waals surface area (Å²) in [6.07, 6.45) is -4.61. The van der Waals surface area contributed by atoms with Crippen molar-refractivity contribution in [1.82, 2.24) is 4.31 Å². The molecule has 1 aromatic rings. The minimum atomic E-state index is -4.61. The van der Waals surface area contributed by atoms with Crippen LogP contribution < -0.4 is 5.73 Å². The lowest BCUT2D eigenvalue weighted by Crippen LogP contribution is -2.41. The third-order valence-electron chi connectivity index (χ3n) is 2.53. The average Bonchev–Trinajstić information content (AvgIpc) is 2.29. The Balaban J connectivity index is 3.22. The number of nitrogen functional groups attached to an aromatic ring is 1. The van der Waals surface area contributed by atoms with Gasteiger partial charge in [0.05, 0.1) is 4.90 Å². The largest absolute Gasteiger partial charge is 0.402 e. The van der Waals surface area contributed by atoms with Crippen molar-refractivity contribution in [2.75, 3.05) is 18.8 Å². The highest BCUT2D eigenvalue weighted by molar-refractivity contribution is 9.10. The maximum Gasteiger partial charge on any atom is 0.402 e. The Morgan fingerprint density at radius 1 is 1.33 bits per heavy atom. The molecule has 4 nitrogen and oxygen atoms in total. The molecule has 0 aromatic heterocycles. The molecule has 0 spiro atoms. The second-order valence-electron chi connectivity index (χ2n) is 4.99. The lowest BCUT2D eigenvalue weighted by atomic mass is 10.2. The van der Waals surface area contributed by atoms with E-state index in [1.165, 1.54) is 12.1 Å². The fourth-order valence-corrected chi connectivity index (χ4v) is 3.56. The summed E-state index contributed by atoms with van der Waals surface area (Å²) < 4.78 is 63.5. The second-order valence-corrected chi connectivity index (χ2v) is 7.78. The van der Waals surface area contributed by atoms with E-state index in [2.05, 4.69) is 15.9 Å². The van der Waals surface area contributed by atoms with Gasteiger partial charge in [0, 0.05) is 16.7 Å². The third kappa shape index (κ3) is 5.15. The molecule has 2 N–H and O–H groups in total. The van der Waals surface area contributed by atoms with Crippen LogP contribution in [0, 0.1) is 5.92 Å². The molecule has 0 bridgehead atoms. The number of hydrogen-bond acceptors (Lipinski definition) is 3. The first kappa shape index (κ1) is 18.2. The molecule has 21 heavy (non-hydrogen) atoms. The van der Waals surface area contributed by atoms with Gasteiger partial charge >= 0.3 is 6.18 Å². The molecule has 120 valence electrons. The molecule has 0 unspecified atom stereocenters. The highest BCUT2D eigenvalue weighted by Crippen LogP contribution is 2.27. The maximum absolute atomic E-state index is 12.6. The van der Waals surface area contributed by atoms with E-state index in [4.69, 9.17) is 5.73 Å². The third-order valence-corrected chi connectivity index (χ3v) is 5.06. The molecule has 0 aliphatic rings. The molecule has 0 amide bonds. The molecule has 0 heterocycles. The number of rotatable bonds is 5. The summed E-state index contributed by atoms with van der Waals surface area (Å²) in [6, 6.07) is 3.76. The Morgan fingerprint density at radius 3 is 2.33 bits per heavy atom. The zero-order valence-corrected chi connectivity index (χ0v) is 13.9. The smallest absolute Gasteiger partial charge is 0.398 e. The Morgan fingerprint density at radius 2 is 1.90 bits per heavy atom. The van der Waals surface area contributed by atoms with Crippen molar-refractivity contribution < 1.29 is 21.6 Å². The zero-order valence-electron chi connectivity index (χ0n) is 11.5. The normalized spacial score (nSPS) is 13.1. The molecular formula is C12H16BrF3N2O2S. The SMILES string of the molecule is CC(C)CN(CC(F)(F)F)S(=O)(=O)c1ccc(Br)c(N)c1. The summed E-state index contributed by atoms with van der Waals surface area (Å²) in [7, 11) is -4.26. The molecule has 1 rings (SSSR count). The number of halogens is 4. The molecular weight excluding hydrogens is 373 g/mol. The fraction of sp³-hybridized carbons (Fsp3) is 0.500. The van der Waals surface area contributed by atoms with Crippen LogP contribution >= 0.6 is 15.9 Å². The van der Waals surface area contributed by atoms with Gasteiger partial charge in [-0.3, -0.25) is 0 Å². The highest BCUT2D eigenvalue weighted by Gasteiger charge is 2.37. The van der Waals surface area contributed by atoms with E-state index < -0.39 is 22.7 Å². The summed E-state index contributed by atoms with van der Waals surface area (Å²) in [5, 5.41) is 0. The van der Waals surface area contributed by atoms with Gasteiger partial charge in [-0.15, -0.1) is 0 Å². The zero-order chi connectivity index (χ0) is 16.4. The van der Waals surface area contributed by atoms with E-state index in [1.54, 1.807) is 13.8 Å². The van der Waals surface area contributed by atoms with Crippen LogP contribution in [0.25, 0.3) is 0 Å². The van der Waals surface area contributed by atoms with Crippen LogP contribution in [0.2, 0.25) is 0 Å². The minimum Gasteiger partial charge on any atom is -0.398 e. The van der Waals surface area contributed by atoms with Crippen molar-refractivity contribution in [2.45, 2.75) is 24.9 Å². The van der Waals surface area contributed by atoms with E-state index >= 15 is 0 Å². The Bertz CT molecular complexity index is 603. The van der Waals surface area contributed by atoms with Gasteiger partial charge in [0.15, 0.2) is 0 Å². The minimum absolute atomic E-state index is 0.146. The standard InChI is InChI=1S/C12H16BrF3N2O2S/c1-8(2)6-18(7-12(14,15)16)21(19,20)9-3-4-10(13)11(17)5-9/h3-5,8H,6-7,17H2,1-2H3. The van der Waals surface area contributed by atoms with Crippen molar-refractivity contribution in [3.63, 3.8) is 0 Å². The Kier molecular flexibility index (Phi) is 5.68. The van der Waals surface area contributed by atoms with E-state index in [1.807, 2.05) is 0 Å². The van der Waals surface area contributed by atoms with Gasteiger partial charge < -0.3 is 5.73 Å². The summed E-state index contributed by atoms with van der Waals surface area (Å²) in [6.45, 7) is 1.55. The van der Waals surface area contributed by atoms with Crippen LogP contribution in [-0.4, -0.2) is 32.0 Å². The molecule has 0 atom stereocenters. The lowest BCUT2D eigenvalue weighted by molar-refractivity contribution is -0.136. The molecule has 0 fully saturated rings. The predicted octanol–water partition coefficient (Wildman–Crippen LogP) is 3.24. The first-order valence-corrected chi connectivity index (χ1v) is 8.28. The first-order valence-electron chi connectivity index (χ1n) is 6.05. The van der Waals surface area contributed by atoms with Gasteiger partial charge in [0.25, 0.3) is 0 Å². The molecule has 0 aliphatic heterocycles. The van der Waals surface area contributed by atoms with Crippen molar-refractivity contribution in [3.8, 4) is 0 Å². The quantitative estimate of drug-likeness (QED) is 0.787.